The number of benzene rings is 4. The number of hydrazone groups is 1. The van der Waals surface area contributed by atoms with E-state index in [0.717, 1.165) is 22.3 Å². The molecule has 41 heavy (non-hydrogen) atoms. The lowest BCUT2D eigenvalue weighted by Gasteiger charge is -2.52. The van der Waals surface area contributed by atoms with Crippen molar-refractivity contribution in [3.8, 4) is 5.75 Å². The molecule has 2 N–H and O–H groups in total. The van der Waals surface area contributed by atoms with Crippen molar-refractivity contribution in [3.63, 3.8) is 0 Å². The second kappa shape index (κ2) is 9.39. The third-order valence-corrected chi connectivity index (χ3v) is 9.23. The Hall–Kier alpha value is -4.27. The van der Waals surface area contributed by atoms with Gasteiger partial charge in [0.25, 0.3) is 5.91 Å². The number of carbonyl (C=O) groups is 3. The summed E-state index contributed by atoms with van der Waals surface area (Å²) in [5, 5.41) is 14.9. The number of phenolic OH excluding ortho intramolecular Hbond substituents is 1. The molecule has 4 aromatic carbocycles. The lowest BCUT2D eigenvalue weighted by Crippen LogP contribution is -2.54. The predicted octanol–water partition coefficient (Wildman–Crippen LogP) is 5.77. The first-order valence-electron chi connectivity index (χ1n) is 13.0. The number of imide groups is 1. The monoisotopic (exact) mass is 625 g/mol. The fourth-order valence-electron chi connectivity index (χ4n) is 6.86. The van der Waals surface area contributed by atoms with Crippen LogP contribution in [0.15, 0.2) is 101 Å². The minimum absolute atomic E-state index is 0.0390. The summed E-state index contributed by atoms with van der Waals surface area (Å²) in [5.41, 5.74) is 5.36. The van der Waals surface area contributed by atoms with Crippen molar-refractivity contribution in [2.75, 3.05) is 4.90 Å². The van der Waals surface area contributed by atoms with Gasteiger partial charge in [-0.1, -0.05) is 88.2 Å². The largest absolute Gasteiger partial charge is 0.507 e. The van der Waals surface area contributed by atoms with Crippen molar-refractivity contribution < 1.29 is 19.5 Å². The van der Waals surface area contributed by atoms with Crippen molar-refractivity contribution in [3.05, 3.63) is 128 Å². The summed E-state index contributed by atoms with van der Waals surface area (Å²) in [6, 6.07) is 26.9. The van der Waals surface area contributed by atoms with Crippen LogP contribution in [0.4, 0.5) is 5.69 Å². The fraction of sp³-hybridized carbons (Fsp3) is 0.125. The Morgan fingerprint density at radius 2 is 1.56 bits per heavy atom. The van der Waals surface area contributed by atoms with Crippen molar-refractivity contribution >= 4 is 57.2 Å². The zero-order chi connectivity index (χ0) is 28.5. The molecule has 9 heteroatoms. The van der Waals surface area contributed by atoms with Crippen LogP contribution < -0.4 is 10.3 Å². The molecule has 1 aliphatic heterocycles. The van der Waals surface area contributed by atoms with E-state index in [-0.39, 0.29) is 29.0 Å². The first-order chi connectivity index (χ1) is 19.8. The third-order valence-electron chi connectivity index (χ3n) is 8.41. The molecule has 0 aromatic heterocycles. The molecule has 0 unspecified atom stereocenters. The Kier molecular flexibility index (Phi) is 5.88. The summed E-state index contributed by atoms with van der Waals surface area (Å²) in [5.74, 6) is -3.35. The van der Waals surface area contributed by atoms with Gasteiger partial charge in [-0.05, 0) is 52.6 Å². The summed E-state index contributed by atoms with van der Waals surface area (Å²) >= 11 is 9.81. The first-order valence-corrected chi connectivity index (χ1v) is 14.2. The van der Waals surface area contributed by atoms with E-state index < -0.39 is 23.2 Å². The fourth-order valence-corrected chi connectivity index (χ4v) is 7.44. The van der Waals surface area contributed by atoms with Crippen LogP contribution in [0, 0.1) is 11.8 Å². The van der Waals surface area contributed by atoms with Gasteiger partial charge in [0.1, 0.15) is 5.75 Å². The SMILES string of the molecule is O=C(N/N=C\C12c3ccccc3C(c3ccccc31)[C@H]1C(=O)N(c3ccccc3Cl)C(=O)[C@H]12)c1cc(Br)ccc1O. The van der Waals surface area contributed by atoms with Crippen LogP contribution in [0.2, 0.25) is 5.02 Å². The van der Waals surface area contributed by atoms with E-state index in [4.69, 9.17) is 11.6 Å². The predicted molar refractivity (Wildman–Crippen MR) is 158 cm³/mol. The van der Waals surface area contributed by atoms with Gasteiger partial charge in [-0.15, -0.1) is 0 Å². The molecule has 7 nitrogen and oxygen atoms in total. The van der Waals surface area contributed by atoms with Gasteiger partial charge in [0.2, 0.25) is 11.8 Å². The standard InChI is InChI=1S/C32H21BrClN3O4/c33-17-13-14-25(38)20(15-17)29(39)36-35-16-32-21-9-3-1-7-18(21)26(19-8-2-4-10-22(19)32)27-28(32)31(41)37(30(27)40)24-12-6-5-11-23(24)34/h1-16,26-28,38H,(H,36,39)/b35-16-/t26?,27-,28+,32?/m1/s1. The van der Waals surface area contributed by atoms with Gasteiger partial charge in [-0.25, -0.2) is 10.3 Å². The van der Waals surface area contributed by atoms with E-state index in [1.54, 1.807) is 36.5 Å². The molecule has 0 saturated carbocycles. The number of aromatic hydroxyl groups is 1. The Morgan fingerprint density at radius 3 is 2.24 bits per heavy atom. The van der Waals surface area contributed by atoms with E-state index in [2.05, 4.69) is 26.5 Å². The third kappa shape index (κ3) is 3.57. The van der Waals surface area contributed by atoms with Gasteiger partial charge in [0.05, 0.1) is 33.5 Å². The minimum atomic E-state index is -1.15. The molecule has 2 bridgehead atoms. The molecule has 1 fully saturated rings. The maximum atomic E-state index is 14.4. The number of hydrogen-bond acceptors (Lipinski definition) is 5. The quantitative estimate of drug-likeness (QED) is 0.171. The topological polar surface area (TPSA) is 99.1 Å². The van der Waals surface area contributed by atoms with E-state index in [1.807, 2.05) is 48.5 Å². The number of para-hydroxylation sites is 1. The molecule has 8 rings (SSSR count). The zero-order valence-corrected chi connectivity index (χ0v) is 23.6. The number of phenols is 1. The van der Waals surface area contributed by atoms with Gasteiger partial charge < -0.3 is 5.11 Å². The Morgan fingerprint density at radius 1 is 0.927 bits per heavy atom. The molecule has 0 radical (unpaired) electrons. The van der Waals surface area contributed by atoms with Crippen LogP contribution in [-0.4, -0.2) is 29.0 Å². The lowest BCUT2D eigenvalue weighted by molar-refractivity contribution is -0.122. The highest BCUT2D eigenvalue weighted by atomic mass is 79.9. The van der Waals surface area contributed by atoms with E-state index in [1.165, 1.54) is 17.0 Å². The molecule has 4 aromatic rings. The summed E-state index contributed by atoms with van der Waals surface area (Å²) in [6.07, 6.45) is 1.58. The van der Waals surface area contributed by atoms with Crippen LogP contribution in [0.25, 0.3) is 0 Å². The smallest absolute Gasteiger partial charge is 0.275 e. The lowest BCUT2D eigenvalue weighted by atomic mass is 9.47. The van der Waals surface area contributed by atoms with Gasteiger partial charge >= 0.3 is 0 Å². The highest BCUT2D eigenvalue weighted by molar-refractivity contribution is 9.10. The minimum Gasteiger partial charge on any atom is -0.507 e. The molecule has 3 amide bonds. The van der Waals surface area contributed by atoms with E-state index in [9.17, 15) is 19.5 Å². The maximum Gasteiger partial charge on any atom is 0.275 e. The Bertz CT molecular complexity index is 1770. The number of amides is 3. The molecular weight excluding hydrogens is 606 g/mol. The van der Waals surface area contributed by atoms with Crippen molar-refractivity contribution in [2.24, 2.45) is 16.9 Å². The van der Waals surface area contributed by atoms with Crippen LogP contribution in [0.1, 0.15) is 38.5 Å². The van der Waals surface area contributed by atoms with E-state index in [0.29, 0.717) is 15.2 Å². The summed E-state index contributed by atoms with van der Waals surface area (Å²) in [6.45, 7) is 0. The van der Waals surface area contributed by atoms with Gasteiger partial charge in [-0.3, -0.25) is 14.4 Å². The number of anilines is 1. The van der Waals surface area contributed by atoms with Crippen molar-refractivity contribution in [2.45, 2.75) is 11.3 Å². The normalized spacial score (nSPS) is 23.9. The highest BCUT2D eigenvalue weighted by Crippen LogP contribution is 2.63. The maximum absolute atomic E-state index is 14.4. The second-order valence-corrected chi connectivity index (χ2v) is 11.7. The first kappa shape index (κ1) is 25.7. The molecular formula is C32H21BrClN3O4. The summed E-state index contributed by atoms with van der Waals surface area (Å²) in [7, 11) is 0. The molecule has 0 spiro atoms. The van der Waals surface area contributed by atoms with Crippen LogP contribution in [-0.2, 0) is 15.0 Å². The second-order valence-electron chi connectivity index (χ2n) is 10.3. The summed E-state index contributed by atoms with van der Waals surface area (Å²) in [4.78, 5) is 42.8. The number of nitrogens with one attached hydrogen (secondary N) is 1. The molecule has 3 aliphatic carbocycles. The molecule has 1 heterocycles. The van der Waals surface area contributed by atoms with Crippen LogP contribution >= 0.6 is 27.5 Å². The van der Waals surface area contributed by atoms with Gasteiger partial charge in [0.15, 0.2) is 0 Å². The van der Waals surface area contributed by atoms with Crippen LogP contribution in [0.3, 0.4) is 0 Å². The number of nitrogens with zero attached hydrogens (tertiary/aromatic N) is 2. The molecule has 4 aliphatic rings. The van der Waals surface area contributed by atoms with Gasteiger partial charge in [0, 0.05) is 16.6 Å². The Balaban J connectivity index is 1.41. The average Bonchev–Trinajstić information content (AvgIpc) is 3.25. The molecule has 1 saturated heterocycles. The number of carbonyl (C=O) groups excluding carboxylic acids is 3. The van der Waals surface area contributed by atoms with Crippen molar-refractivity contribution in [1.29, 1.82) is 0 Å². The summed E-state index contributed by atoms with van der Waals surface area (Å²) < 4.78 is 0.619. The molecule has 202 valence electrons. The van der Waals surface area contributed by atoms with Gasteiger partial charge in [-0.2, -0.15) is 5.10 Å². The van der Waals surface area contributed by atoms with Crippen LogP contribution in [0.5, 0.6) is 5.75 Å². The highest BCUT2D eigenvalue weighted by Gasteiger charge is 2.68. The molecule has 2 atom stereocenters. The van der Waals surface area contributed by atoms with Crippen molar-refractivity contribution in [1.82, 2.24) is 5.43 Å². The average molecular weight is 627 g/mol. The van der Waals surface area contributed by atoms with E-state index >= 15 is 0 Å². The number of hydrogen-bond donors (Lipinski definition) is 2. The zero-order valence-electron chi connectivity index (χ0n) is 21.3. The number of halogens is 2. The number of rotatable bonds is 4. The Labute approximate surface area is 248 Å².